The number of allylic oxidation sites excluding steroid dienone is 20. The quantitative estimate of drug-likeness (QED) is 0.0200. The molecule has 62 heavy (non-hydrogen) atoms. The fraction of sp³-hybridized carbons (Fsp3) is 0.589. The molecule has 0 saturated carbocycles. The van der Waals surface area contributed by atoms with Gasteiger partial charge in [0.2, 0.25) is 0 Å². The normalized spacial score (nSPS) is 13.1. The van der Waals surface area contributed by atoms with E-state index in [1.54, 1.807) is 0 Å². The lowest BCUT2D eigenvalue weighted by Gasteiger charge is -2.18. The Balaban J connectivity index is 4.58. The monoisotopic (exact) mass is 857 g/mol. The number of ether oxygens (including phenoxy) is 3. The number of hydrogen-bond acceptors (Lipinski definition) is 6. The molecule has 0 heterocycles. The molecule has 0 aliphatic carbocycles. The first kappa shape index (κ1) is 57.8. The van der Waals surface area contributed by atoms with Gasteiger partial charge in [0.25, 0.3) is 0 Å². The molecule has 0 rings (SSSR count). The molecule has 1 unspecified atom stereocenters. The number of hydrogen-bond donors (Lipinski definition) is 0. The van der Waals surface area contributed by atoms with E-state index in [0.29, 0.717) is 19.3 Å². The van der Waals surface area contributed by atoms with Crippen molar-refractivity contribution in [1.29, 1.82) is 0 Å². The first-order valence-corrected chi connectivity index (χ1v) is 24.6. The minimum absolute atomic E-state index is 0.125. The molecule has 0 amide bonds. The van der Waals surface area contributed by atoms with Crippen molar-refractivity contribution in [3.63, 3.8) is 0 Å². The molecule has 0 radical (unpaired) electrons. The van der Waals surface area contributed by atoms with Crippen molar-refractivity contribution in [1.82, 2.24) is 0 Å². The van der Waals surface area contributed by atoms with E-state index >= 15 is 0 Å². The predicted molar refractivity (Wildman–Crippen MR) is 265 cm³/mol. The van der Waals surface area contributed by atoms with E-state index in [9.17, 15) is 14.4 Å². The molecule has 6 nitrogen and oxygen atoms in total. The minimum atomic E-state index is -0.826. The van der Waals surface area contributed by atoms with Gasteiger partial charge in [-0.25, -0.2) is 0 Å². The number of esters is 3. The first-order valence-electron chi connectivity index (χ1n) is 24.6. The lowest BCUT2D eigenvalue weighted by Crippen LogP contribution is -2.30. The fourth-order valence-corrected chi connectivity index (χ4v) is 6.21. The molecule has 0 aromatic rings. The van der Waals surface area contributed by atoms with Crippen LogP contribution in [0.1, 0.15) is 194 Å². The maximum atomic E-state index is 12.8. The fourth-order valence-electron chi connectivity index (χ4n) is 6.21. The molecule has 0 aliphatic heterocycles. The van der Waals surface area contributed by atoms with E-state index in [-0.39, 0.29) is 37.5 Å². The van der Waals surface area contributed by atoms with Crippen LogP contribution in [0.25, 0.3) is 0 Å². The van der Waals surface area contributed by atoms with Crippen LogP contribution in [0.5, 0.6) is 0 Å². The molecule has 0 fully saturated rings. The van der Waals surface area contributed by atoms with Gasteiger partial charge in [-0.3, -0.25) is 14.4 Å². The van der Waals surface area contributed by atoms with Crippen molar-refractivity contribution in [2.45, 2.75) is 200 Å². The van der Waals surface area contributed by atoms with Crippen molar-refractivity contribution in [3.8, 4) is 0 Å². The molecule has 348 valence electrons. The number of rotatable bonds is 42. The van der Waals surface area contributed by atoms with Gasteiger partial charge in [0.15, 0.2) is 6.10 Å². The second-order valence-corrected chi connectivity index (χ2v) is 15.8. The molecule has 0 aromatic carbocycles. The Hall–Kier alpha value is -4.19. The van der Waals surface area contributed by atoms with Crippen LogP contribution in [0.15, 0.2) is 122 Å². The summed E-state index contributed by atoms with van der Waals surface area (Å²) in [6.45, 7) is 6.25. The molecule has 0 aliphatic rings. The van der Waals surface area contributed by atoms with Crippen LogP contribution < -0.4 is 0 Å². The Morgan fingerprint density at radius 2 is 0.742 bits per heavy atom. The Labute approximate surface area is 380 Å². The predicted octanol–water partition coefficient (Wildman–Crippen LogP) is 16.1. The summed E-state index contributed by atoms with van der Waals surface area (Å²) in [5, 5.41) is 0. The third-order valence-corrected chi connectivity index (χ3v) is 9.86. The zero-order chi connectivity index (χ0) is 45.1. The van der Waals surface area contributed by atoms with E-state index in [4.69, 9.17) is 14.2 Å². The van der Waals surface area contributed by atoms with Crippen LogP contribution in [0.4, 0.5) is 0 Å². The molecule has 0 aromatic heterocycles. The van der Waals surface area contributed by atoms with Crippen molar-refractivity contribution in [2.75, 3.05) is 13.2 Å². The summed E-state index contributed by atoms with van der Waals surface area (Å²) in [7, 11) is 0. The zero-order valence-corrected chi connectivity index (χ0v) is 39.6. The number of carbonyl (C=O) groups excluding carboxylic acids is 3. The molecule has 0 bridgehead atoms. The summed E-state index contributed by atoms with van der Waals surface area (Å²) in [5.74, 6) is -1.05. The van der Waals surface area contributed by atoms with E-state index in [1.807, 2.05) is 66.8 Å². The summed E-state index contributed by atoms with van der Waals surface area (Å²) >= 11 is 0. The molecule has 1 atom stereocenters. The lowest BCUT2D eigenvalue weighted by atomic mass is 10.1. The highest BCUT2D eigenvalue weighted by Gasteiger charge is 2.19. The Morgan fingerprint density at radius 3 is 1.27 bits per heavy atom. The highest BCUT2D eigenvalue weighted by molar-refractivity contribution is 5.71. The van der Waals surface area contributed by atoms with Gasteiger partial charge in [0, 0.05) is 19.3 Å². The zero-order valence-electron chi connectivity index (χ0n) is 39.6. The largest absolute Gasteiger partial charge is 0.462 e. The van der Waals surface area contributed by atoms with Crippen molar-refractivity contribution >= 4 is 17.9 Å². The third-order valence-electron chi connectivity index (χ3n) is 9.86. The van der Waals surface area contributed by atoms with Gasteiger partial charge in [0.05, 0.1) is 0 Å². The summed E-state index contributed by atoms with van der Waals surface area (Å²) in [5.41, 5.74) is 0. The van der Waals surface area contributed by atoms with Gasteiger partial charge in [-0.1, -0.05) is 213 Å². The van der Waals surface area contributed by atoms with Gasteiger partial charge in [-0.15, -0.1) is 0 Å². The smallest absolute Gasteiger partial charge is 0.306 e. The Bertz CT molecular complexity index is 1350. The lowest BCUT2D eigenvalue weighted by molar-refractivity contribution is -0.166. The van der Waals surface area contributed by atoms with Gasteiger partial charge in [-0.2, -0.15) is 0 Å². The average Bonchev–Trinajstić information content (AvgIpc) is 3.27. The Kier molecular flexibility index (Phi) is 46.1. The summed E-state index contributed by atoms with van der Waals surface area (Å²) in [6, 6.07) is 0. The first-order chi connectivity index (χ1) is 30.5. The van der Waals surface area contributed by atoms with Crippen molar-refractivity contribution in [2.24, 2.45) is 0 Å². The van der Waals surface area contributed by atoms with E-state index in [0.717, 1.165) is 89.9 Å². The van der Waals surface area contributed by atoms with Crippen molar-refractivity contribution in [3.05, 3.63) is 122 Å². The average molecular weight is 857 g/mol. The SMILES string of the molecule is CC\C=C/C=C\C=C/C=C\C=C\C=C/CCCCCC(=O)OCC(COC(=O)CC/C=C\C/C=C\CCCCCCCC)OC(=O)CCCCCCCCC/C=C\C/C=C\CC. The van der Waals surface area contributed by atoms with Crippen LogP contribution in [0.3, 0.4) is 0 Å². The van der Waals surface area contributed by atoms with Crippen LogP contribution in [0.2, 0.25) is 0 Å². The van der Waals surface area contributed by atoms with E-state index in [1.165, 1.54) is 57.8 Å². The second-order valence-electron chi connectivity index (χ2n) is 15.8. The minimum Gasteiger partial charge on any atom is -0.462 e. The number of carbonyl (C=O) groups is 3. The third kappa shape index (κ3) is 46.9. The standard InChI is InChI=1S/C56H88O6/c1-4-7-10-13-16-19-22-25-27-28-29-32-34-37-40-43-46-49-55(58)61-52-53(51-60-54(57)48-45-42-39-36-33-30-24-21-18-15-12-9-6-3)62-56(59)50-47-44-41-38-35-31-26-23-20-17-14-11-8-5-2/h7-8,10-11,13,16-17,19-20,22,25,27-30,32-34,39,42,53H,4-6,9,12,14-15,18,21,23-24,26,31,35-38,40-41,43-52H2,1-3H3/b10-7-,11-8-,16-13-,20-17-,22-19-,27-25-,29-28+,33-30-,34-32-,42-39-. The summed E-state index contributed by atoms with van der Waals surface area (Å²) in [4.78, 5) is 37.9. The maximum absolute atomic E-state index is 12.8. The summed E-state index contributed by atoms with van der Waals surface area (Å²) < 4.78 is 16.7. The maximum Gasteiger partial charge on any atom is 0.306 e. The molecule has 0 spiro atoms. The topological polar surface area (TPSA) is 78.9 Å². The van der Waals surface area contributed by atoms with Gasteiger partial charge in [0.1, 0.15) is 13.2 Å². The van der Waals surface area contributed by atoms with Crippen molar-refractivity contribution < 1.29 is 28.6 Å². The Morgan fingerprint density at radius 1 is 0.355 bits per heavy atom. The van der Waals surface area contributed by atoms with E-state index in [2.05, 4.69) is 75.5 Å². The summed E-state index contributed by atoms with van der Waals surface area (Å²) in [6.07, 6.45) is 67.6. The van der Waals surface area contributed by atoms with Crippen LogP contribution in [0, 0.1) is 0 Å². The van der Waals surface area contributed by atoms with Gasteiger partial charge in [-0.05, 0) is 83.5 Å². The van der Waals surface area contributed by atoms with Crippen LogP contribution in [-0.2, 0) is 28.6 Å². The van der Waals surface area contributed by atoms with Crippen LogP contribution >= 0.6 is 0 Å². The molecule has 0 N–H and O–H groups in total. The molecular formula is C56H88O6. The van der Waals surface area contributed by atoms with Crippen LogP contribution in [-0.4, -0.2) is 37.2 Å². The van der Waals surface area contributed by atoms with E-state index < -0.39 is 6.10 Å². The highest BCUT2D eigenvalue weighted by atomic mass is 16.6. The molecular weight excluding hydrogens is 769 g/mol. The second kappa shape index (κ2) is 49.5. The van der Waals surface area contributed by atoms with Gasteiger partial charge >= 0.3 is 17.9 Å². The molecule has 6 heteroatoms. The van der Waals surface area contributed by atoms with Gasteiger partial charge < -0.3 is 14.2 Å². The molecule has 0 saturated heterocycles. The number of unbranched alkanes of at least 4 members (excludes halogenated alkanes) is 16. The highest BCUT2D eigenvalue weighted by Crippen LogP contribution is 2.13.